The first-order chi connectivity index (χ1) is 6.86. The number of H-pyrrole nitrogens is 1. The van der Waals surface area contributed by atoms with E-state index in [1.54, 1.807) is 0 Å². The molecule has 1 saturated heterocycles. The third-order valence-corrected chi connectivity index (χ3v) is 2.50. The van der Waals surface area contributed by atoms with Crippen molar-refractivity contribution in [3.63, 3.8) is 0 Å². The van der Waals surface area contributed by atoms with Crippen LogP contribution in [-0.2, 0) is 11.3 Å². The van der Waals surface area contributed by atoms with E-state index in [4.69, 9.17) is 0 Å². The van der Waals surface area contributed by atoms with Gasteiger partial charge in [0.1, 0.15) is 0 Å². The summed E-state index contributed by atoms with van der Waals surface area (Å²) < 4.78 is 0. The van der Waals surface area contributed by atoms with Gasteiger partial charge in [-0.15, -0.1) is 0 Å². The number of nitrogens with one attached hydrogen (secondary N) is 3. The molecule has 1 aromatic heterocycles. The van der Waals surface area contributed by atoms with Gasteiger partial charge in [0, 0.05) is 25.5 Å². The highest BCUT2D eigenvalue weighted by atomic mass is 16.2. The molecule has 0 aromatic carbocycles. The molecule has 0 spiro atoms. The summed E-state index contributed by atoms with van der Waals surface area (Å²) in [5, 5.41) is 6.09. The van der Waals surface area contributed by atoms with Gasteiger partial charge in [-0.1, -0.05) is 0 Å². The number of hydrogen-bond acceptors (Lipinski definition) is 2. The average Bonchev–Trinajstić information content (AvgIpc) is 2.69. The van der Waals surface area contributed by atoms with Crippen LogP contribution in [0.4, 0.5) is 0 Å². The lowest BCUT2D eigenvalue weighted by atomic mass is 10.1. The Morgan fingerprint density at radius 2 is 2.50 bits per heavy atom. The molecule has 76 valence electrons. The van der Waals surface area contributed by atoms with Gasteiger partial charge in [0.2, 0.25) is 5.91 Å². The molecule has 4 heteroatoms. The molecule has 1 aliphatic heterocycles. The highest BCUT2D eigenvalue weighted by Crippen LogP contribution is 2.04. The van der Waals surface area contributed by atoms with Crippen LogP contribution in [0.3, 0.4) is 0 Å². The Labute approximate surface area is 83.1 Å². The Bertz CT molecular complexity index is 294. The molecular formula is C10H15N3O. The van der Waals surface area contributed by atoms with Gasteiger partial charge in [-0.25, -0.2) is 0 Å². The highest BCUT2D eigenvalue weighted by Gasteiger charge is 2.20. The Kier molecular flexibility index (Phi) is 2.84. The van der Waals surface area contributed by atoms with Crippen LogP contribution in [0.15, 0.2) is 18.5 Å². The van der Waals surface area contributed by atoms with Crippen molar-refractivity contribution in [2.24, 2.45) is 0 Å². The second kappa shape index (κ2) is 4.28. The molecule has 1 aromatic rings. The maximum absolute atomic E-state index is 11.4. The van der Waals surface area contributed by atoms with E-state index in [9.17, 15) is 4.79 Å². The van der Waals surface area contributed by atoms with Gasteiger partial charge in [-0.3, -0.25) is 4.79 Å². The largest absolute Gasteiger partial charge is 0.367 e. The predicted octanol–water partition coefficient (Wildman–Crippen LogP) is 0.383. The molecule has 2 rings (SSSR count). The Morgan fingerprint density at radius 3 is 3.21 bits per heavy atom. The van der Waals surface area contributed by atoms with Crippen molar-refractivity contribution in [2.75, 3.05) is 6.54 Å². The molecule has 1 fully saturated rings. The molecule has 14 heavy (non-hydrogen) atoms. The van der Waals surface area contributed by atoms with E-state index in [1.807, 2.05) is 18.5 Å². The number of hydrogen-bond donors (Lipinski definition) is 3. The number of carbonyl (C=O) groups excluding carboxylic acids is 1. The quantitative estimate of drug-likeness (QED) is 0.650. The number of rotatable bonds is 3. The fraction of sp³-hybridized carbons (Fsp3) is 0.500. The summed E-state index contributed by atoms with van der Waals surface area (Å²) in [5.41, 5.74) is 1.18. The van der Waals surface area contributed by atoms with Crippen molar-refractivity contribution in [2.45, 2.75) is 25.4 Å². The van der Waals surface area contributed by atoms with Gasteiger partial charge in [-0.05, 0) is 24.5 Å². The summed E-state index contributed by atoms with van der Waals surface area (Å²) in [6.45, 7) is 1.57. The van der Waals surface area contributed by atoms with Crippen molar-refractivity contribution >= 4 is 5.91 Å². The molecule has 0 aliphatic carbocycles. The van der Waals surface area contributed by atoms with Crippen LogP contribution < -0.4 is 10.6 Å². The van der Waals surface area contributed by atoms with E-state index in [0.29, 0.717) is 0 Å². The lowest BCUT2D eigenvalue weighted by molar-refractivity contribution is -0.124. The summed E-state index contributed by atoms with van der Waals surface area (Å²) >= 11 is 0. The fourth-order valence-electron chi connectivity index (χ4n) is 1.68. The van der Waals surface area contributed by atoms with Gasteiger partial charge in [0.15, 0.2) is 0 Å². The van der Waals surface area contributed by atoms with Gasteiger partial charge in [0.25, 0.3) is 0 Å². The molecule has 1 amide bonds. The van der Waals surface area contributed by atoms with E-state index in [1.165, 1.54) is 5.56 Å². The first kappa shape index (κ1) is 9.27. The molecule has 3 N–H and O–H groups in total. The molecule has 0 radical (unpaired) electrons. The average molecular weight is 193 g/mol. The molecule has 1 atom stereocenters. The third kappa shape index (κ3) is 2.14. The van der Waals surface area contributed by atoms with E-state index in [0.717, 1.165) is 25.9 Å². The van der Waals surface area contributed by atoms with Crippen molar-refractivity contribution in [1.29, 1.82) is 0 Å². The lowest BCUT2D eigenvalue weighted by Gasteiger charge is -2.22. The molecule has 2 heterocycles. The van der Waals surface area contributed by atoms with Crippen LogP contribution >= 0.6 is 0 Å². The maximum atomic E-state index is 11.4. The van der Waals surface area contributed by atoms with Crippen LogP contribution in [0.2, 0.25) is 0 Å². The van der Waals surface area contributed by atoms with Crippen LogP contribution in [0.25, 0.3) is 0 Å². The van der Waals surface area contributed by atoms with Crippen molar-refractivity contribution < 1.29 is 4.79 Å². The SMILES string of the molecule is O=C1NCCCC1NCc1cc[nH]c1. The van der Waals surface area contributed by atoms with Gasteiger partial charge < -0.3 is 15.6 Å². The monoisotopic (exact) mass is 193 g/mol. The number of aromatic nitrogens is 1. The number of carbonyl (C=O) groups is 1. The molecule has 1 unspecified atom stereocenters. The standard InChI is InChI=1S/C10H15N3O/c14-10-9(2-1-4-12-10)13-7-8-3-5-11-6-8/h3,5-6,9,11,13H,1-2,4,7H2,(H,12,14). The van der Waals surface area contributed by atoms with E-state index < -0.39 is 0 Å². The minimum Gasteiger partial charge on any atom is -0.367 e. The van der Waals surface area contributed by atoms with Crippen molar-refractivity contribution in [1.82, 2.24) is 15.6 Å². The summed E-state index contributed by atoms with van der Waals surface area (Å²) in [6.07, 6.45) is 5.83. The second-order valence-corrected chi connectivity index (χ2v) is 3.59. The van der Waals surface area contributed by atoms with E-state index >= 15 is 0 Å². The zero-order chi connectivity index (χ0) is 9.80. The van der Waals surface area contributed by atoms with Crippen LogP contribution in [-0.4, -0.2) is 23.5 Å². The molecular weight excluding hydrogens is 178 g/mol. The van der Waals surface area contributed by atoms with Gasteiger partial charge in [0.05, 0.1) is 6.04 Å². The summed E-state index contributed by atoms with van der Waals surface area (Å²) in [5.74, 6) is 0.131. The molecule has 1 aliphatic rings. The lowest BCUT2D eigenvalue weighted by Crippen LogP contribution is -2.47. The Balaban J connectivity index is 1.82. The summed E-state index contributed by atoms with van der Waals surface area (Å²) in [7, 11) is 0. The number of amides is 1. The fourth-order valence-corrected chi connectivity index (χ4v) is 1.68. The minimum atomic E-state index is -0.0151. The van der Waals surface area contributed by atoms with E-state index in [2.05, 4.69) is 15.6 Å². The normalized spacial score (nSPS) is 22.0. The highest BCUT2D eigenvalue weighted by molar-refractivity contribution is 5.82. The number of piperidine rings is 1. The predicted molar refractivity (Wildman–Crippen MR) is 53.7 cm³/mol. The van der Waals surface area contributed by atoms with Crippen LogP contribution in [0, 0.1) is 0 Å². The zero-order valence-electron chi connectivity index (χ0n) is 8.05. The van der Waals surface area contributed by atoms with Gasteiger partial charge >= 0.3 is 0 Å². The first-order valence-electron chi connectivity index (χ1n) is 4.99. The zero-order valence-corrected chi connectivity index (χ0v) is 8.05. The summed E-state index contributed by atoms with van der Waals surface area (Å²) in [6, 6.07) is 1.99. The summed E-state index contributed by atoms with van der Waals surface area (Å²) in [4.78, 5) is 14.4. The van der Waals surface area contributed by atoms with Gasteiger partial charge in [-0.2, -0.15) is 0 Å². The van der Waals surface area contributed by atoms with Crippen molar-refractivity contribution in [3.8, 4) is 0 Å². The smallest absolute Gasteiger partial charge is 0.237 e. The Hall–Kier alpha value is -1.29. The number of aromatic amines is 1. The first-order valence-corrected chi connectivity index (χ1v) is 4.99. The molecule has 4 nitrogen and oxygen atoms in total. The second-order valence-electron chi connectivity index (χ2n) is 3.59. The minimum absolute atomic E-state index is 0.0151. The van der Waals surface area contributed by atoms with Crippen LogP contribution in [0.1, 0.15) is 18.4 Å². The molecule has 0 saturated carbocycles. The van der Waals surface area contributed by atoms with Crippen molar-refractivity contribution in [3.05, 3.63) is 24.0 Å². The molecule has 0 bridgehead atoms. The Morgan fingerprint density at radius 1 is 1.57 bits per heavy atom. The maximum Gasteiger partial charge on any atom is 0.237 e. The third-order valence-electron chi connectivity index (χ3n) is 2.50. The van der Waals surface area contributed by atoms with E-state index in [-0.39, 0.29) is 11.9 Å². The van der Waals surface area contributed by atoms with Crippen LogP contribution in [0.5, 0.6) is 0 Å². The topological polar surface area (TPSA) is 56.9 Å².